The molecule has 0 aliphatic rings. The number of hydrogen-bond acceptors (Lipinski definition) is 6. The van der Waals surface area contributed by atoms with E-state index in [0.29, 0.717) is 24.4 Å². The molecule has 0 spiro atoms. The largest absolute Gasteiger partial charge is 0.496 e. The normalized spacial score (nSPS) is 12.7. The number of ether oxygens (including phenoxy) is 1. The monoisotopic (exact) mass is 486 g/mol. The Balaban J connectivity index is 0.000000718. The Morgan fingerprint density at radius 3 is 2.29 bits per heavy atom. The molecule has 0 saturated heterocycles. The molecule has 0 aliphatic heterocycles. The second-order valence-corrected chi connectivity index (χ2v) is 7.31. The summed E-state index contributed by atoms with van der Waals surface area (Å²) in [6, 6.07) is 10.0. The van der Waals surface area contributed by atoms with E-state index in [1.807, 2.05) is 30.3 Å². The van der Waals surface area contributed by atoms with Gasteiger partial charge in [-0.2, -0.15) is 13.2 Å². The molecule has 34 heavy (non-hydrogen) atoms. The highest BCUT2D eigenvalue weighted by molar-refractivity contribution is 6.00. The smallest absolute Gasteiger partial charge is 0.490 e. The first-order valence-corrected chi connectivity index (χ1v) is 10.3. The molecule has 0 heterocycles. The number of hydrogen-bond donors (Lipinski definition) is 5. The van der Waals surface area contributed by atoms with Gasteiger partial charge >= 0.3 is 12.1 Å². The summed E-state index contributed by atoms with van der Waals surface area (Å²) in [7, 11) is 1.59. The van der Waals surface area contributed by atoms with Crippen LogP contribution >= 0.6 is 0 Å². The van der Waals surface area contributed by atoms with E-state index in [-0.39, 0.29) is 11.8 Å². The Morgan fingerprint density at radius 1 is 1.12 bits per heavy atom. The Kier molecular flexibility index (Phi) is 11.3. The van der Waals surface area contributed by atoms with Gasteiger partial charge in [0, 0.05) is 17.1 Å². The molecule has 0 aliphatic carbocycles. The van der Waals surface area contributed by atoms with Crippen LogP contribution < -0.4 is 26.8 Å². The van der Waals surface area contributed by atoms with Crippen molar-refractivity contribution in [3.63, 3.8) is 0 Å². The van der Waals surface area contributed by atoms with Crippen molar-refractivity contribution in [2.45, 2.75) is 44.4 Å². The second-order valence-electron chi connectivity index (χ2n) is 7.31. The number of fused-ring (bicyclic) bond motifs is 1. The molecule has 0 aromatic heterocycles. The molecule has 0 fully saturated rings. The zero-order valence-electron chi connectivity index (χ0n) is 18.8. The Hall–Kier alpha value is -3.38. The Bertz CT molecular complexity index is 985. The van der Waals surface area contributed by atoms with Crippen molar-refractivity contribution in [2.24, 2.45) is 11.5 Å². The first kappa shape index (κ1) is 28.7. The summed E-state index contributed by atoms with van der Waals surface area (Å²) in [5.41, 5.74) is 11.9. The van der Waals surface area contributed by atoms with Gasteiger partial charge in [-0.05, 0) is 37.8 Å². The van der Waals surface area contributed by atoms with Gasteiger partial charge in [0.2, 0.25) is 11.8 Å². The van der Waals surface area contributed by atoms with Crippen LogP contribution in [0.1, 0.15) is 26.2 Å². The number of methoxy groups -OCH3 is 1. The van der Waals surface area contributed by atoms with Crippen molar-refractivity contribution in [2.75, 3.05) is 19.0 Å². The third-order valence-electron chi connectivity index (χ3n) is 4.61. The molecule has 2 atom stereocenters. The molecule has 9 nitrogen and oxygen atoms in total. The summed E-state index contributed by atoms with van der Waals surface area (Å²) in [6.45, 7) is 2.19. The highest BCUT2D eigenvalue weighted by Gasteiger charge is 2.38. The summed E-state index contributed by atoms with van der Waals surface area (Å²) in [6.07, 6.45) is -2.94. The first-order valence-electron chi connectivity index (χ1n) is 10.3. The third-order valence-corrected chi connectivity index (χ3v) is 4.61. The minimum Gasteiger partial charge on any atom is -0.496 e. The standard InChI is InChI=1S/C20H28N4O3.C2HF3O2/c1-13(23-20(26)17(22)9-5-6-10-21)19(25)24-15-11-14-7-3-4-8-16(14)18(12-15)27-2;3-2(4,5)1(6)7/h3-4,7-8,11-13,17H,5-6,9-10,21-22H2,1-2H3,(H,23,26)(H,24,25);(H,6,7). The number of carboxylic acid groups (broad SMARTS) is 1. The van der Waals surface area contributed by atoms with Crippen LogP contribution in [0.25, 0.3) is 10.8 Å². The summed E-state index contributed by atoms with van der Waals surface area (Å²) >= 11 is 0. The zero-order chi connectivity index (χ0) is 25.9. The van der Waals surface area contributed by atoms with Crippen LogP contribution in [0.2, 0.25) is 0 Å². The molecule has 12 heteroatoms. The van der Waals surface area contributed by atoms with Crippen LogP contribution in [0.3, 0.4) is 0 Å². The summed E-state index contributed by atoms with van der Waals surface area (Å²) < 4.78 is 37.1. The SMILES string of the molecule is COc1cc(NC(=O)C(C)NC(=O)C(N)CCCCN)cc2ccccc12.O=C(O)C(F)(F)F. The fourth-order valence-corrected chi connectivity index (χ4v) is 2.79. The topological polar surface area (TPSA) is 157 Å². The van der Waals surface area contributed by atoms with Crippen LogP contribution in [0.5, 0.6) is 5.75 Å². The van der Waals surface area contributed by atoms with E-state index in [4.69, 9.17) is 26.1 Å². The lowest BCUT2D eigenvalue weighted by molar-refractivity contribution is -0.192. The number of unbranched alkanes of at least 4 members (excludes halogenated alkanes) is 1. The van der Waals surface area contributed by atoms with Crippen molar-refractivity contribution >= 4 is 34.2 Å². The summed E-state index contributed by atoms with van der Waals surface area (Å²) in [5.74, 6) is -2.75. The van der Waals surface area contributed by atoms with E-state index in [1.165, 1.54) is 0 Å². The quantitative estimate of drug-likeness (QED) is 0.341. The van der Waals surface area contributed by atoms with Crippen LogP contribution in [0.15, 0.2) is 36.4 Å². The maximum atomic E-state index is 12.4. The molecule has 2 aromatic carbocycles. The lowest BCUT2D eigenvalue weighted by Gasteiger charge is -2.18. The lowest BCUT2D eigenvalue weighted by Crippen LogP contribution is -2.48. The van der Waals surface area contributed by atoms with Crippen LogP contribution in [0.4, 0.5) is 18.9 Å². The number of alkyl halides is 3. The van der Waals surface area contributed by atoms with Crippen molar-refractivity contribution in [1.82, 2.24) is 5.32 Å². The number of halogens is 3. The van der Waals surface area contributed by atoms with Crippen LogP contribution in [0, 0.1) is 0 Å². The van der Waals surface area contributed by atoms with Crippen molar-refractivity contribution in [3.8, 4) is 5.75 Å². The average molecular weight is 486 g/mol. The van der Waals surface area contributed by atoms with Gasteiger partial charge in [-0.3, -0.25) is 9.59 Å². The molecule has 2 aromatic rings. The number of carbonyl (C=O) groups is 3. The number of nitrogens with two attached hydrogens (primary N) is 2. The molecule has 2 unspecified atom stereocenters. The second kappa shape index (κ2) is 13.4. The van der Waals surface area contributed by atoms with Crippen LogP contribution in [-0.2, 0) is 14.4 Å². The molecule has 2 rings (SSSR count). The number of aliphatic carboxylic acids is 1. The third kappa shape index (κ3) is 9.24. The van der Waals surface area contributed by atoms with Crippen molar-refractivity contribution in [3.05, 3.63) is 36.4 Å². The molecule has 7 N–H and O–H groups in total. The number of nitrogens with one attached hydrogen (secondary N) is 2. The maximum absolute atomic E-state index is 12.4. The number of carbonyl (C=O) groups excluding carboxylic acids is 2. The van der Waals surface area contributed by atoms with Gasteiger partial charge in [0.15, 0.2) is 0 Å². The van der Waals surface area contributed by atoms with Crippen molar-refractivity contribution < 1.29 is 37.4 Å². The van der Waals surface area contributed by atoms with Gasteiger partial charge in [0.1, 0.15) is 11.8 Å². The number of rotatable bonds is 9. The fourth-order valence-electron chi connectivity index (χ4n) is 2.79. The molecule has 0 bridgehead atoms. The van der Waals surface area contributed by atoms with Crippen LogP contribution in [-0.4, -0.2) is 54.8 Å². The van der Waals surface area contributed by atoms with Crippen molar-refractivity contribution in [1.29, 1.82) is 0 Å². The van der Waals surface area contributed by atoms with Gasteiger partial charge in [-0.25, -0.2) is 4.79 Å². The molecule has 0 radical (unpaired) electrons. The number of benzene rings is 2. The van der Waals surface area contributed by atoms with E-state index in [1.54, 1.807) is 20.1 Å². The van der Waals surface area contributed by atoms with Gasteiger partial charge < -0.3 is 31.9 Å². The maximum Gasteiger partial charge on any atom is 0.490 e. The zero-order valence-corrected chi connectivity index (χ0v) is 18.8. The number of carboxylic acids is 1. The fraction of sp³-hybridized carbons (Fsp3) is 0.409. The molecular formula is C22H29F3N4O5. The minimum absolute atomic E-state index is 0.324. The van der Waals surface area contributed by atoms with Gasteiger partial charge in [-0.15, -0.1) is 0 Å². The van der Waals surface area contributed by atoms with E-state index in [2.05, 4.69) is 10.6 Å². The van der Waals surface area contributed by atoms with E-state index in [0.717, 1.165) is 23.6 Å². The number of anilines is 1. The predicted molar refractivity (Wildman–Crippen MR) is 121 cm³/mol. The predicted octanol–water partition coefficient (Wildman–Crippen LogP) is 2.38. The Labute approximate surface area is 194 Å². The highest BCUT2D eigenvalue weighted by Crippen LogP contribution is 2.29. The Morgan fingerprint density at radius 2 is 1.74 bits per heavy atom. The highest BCUT2D eigenvalue weighted by atomic mass is 19.4. The molecule has 2 amide bonds. The van der Waals surface area contributed by atoms with Gasteiger partial charge in [0.05, 0.1) is 13.2 Å². The average Bonchev–Trinajstić information content (AvgIpc) is 2.78. The molecular weight excluding hydrogens is 457 g/mol. The minimum atomic E-state index is -5.08. The summed E-state index contributed by atoms with van der Waals surface area (Å²) in [4.78, 5) is 33.5. The lowest BCUT2D eigenvalue weighted by atomic mass is 10.1. The van der Waals surface area contributed by atoms with E-state index >= 15 is 0 Å². The number of amides is 2. The van der Waals surface area contributed by atoms with E-state index in [9.17, 15) is 22.8 Å². The molecule has 188 valence electrons. The summed E-state index contributed by atoms with van der Waals surface area (Å²) in [5, 5.41) is 14.5. The van der Waals surface area contributed by atoms with Gasteiger partial charge in [-0.1, -0.05) is 30.7 Å². The first-order chi connectivity index (χ1) is 15.9. The molecule has 0 saturated carbocycles. The van der Waals surface area contributed by atoms with E-state index < -0.39 is 24.2 Å². The van der Waals surface area contributed by atoms with Gasteiger partial charge in [0.25, 0.3) is 0 Å².